The summed E-state index contributed by atoms with van der Waals surface area (Å²) in [5.74, 6) is 0.805. The molecule has 59 heavy (non-hydrogen) atoms. The fourth-order valence-corrected chi connectivity index (χ4v) is 7.38. The van der Waals surface area contributed by atoms with E-state index in [1.165, 1.54) is 41.1 Å². The summed E-state index contributed by atoms with van der Waals surface area (Å²) in [5.41, 5.74) is 14.5. The summed E-state index contributed by atoms with van der Waals surface area (Å²) in [6.07, 6.45) is 5.41. The molecule has 0 saturated heterocycles. The minimum Gasteiger partial charge on any atom is -0.557 e. The van der Waals surface area contributed by atoms with Crippen LogP contribution in [0.4, 0.5) is 0 Å². The van der Waals surface area contributed by atoms with E-state index in [9.17, 15) is 0 Å². The molecule has 10 rings (SSSR count). The van der Waals surface area contributed by atoms with Crippen molar-refractivity contribution in [1.29, 1.82) is 0 Å². The number of furan rings is 1. The van der Waals surface area contributed by atoms with E-state index in [0.717, 1.165) is 67.8 Å². The molecule has 0 fully saturated rings. The predicted octanol–water partition coefficient (Wildman–Crippen LogP) is 13.6. The largest absolute Gasteiger partial charge is 0.557 e. The van der Waals surface area contributed by atoms with Gasteiger partial charge in [0.2, 0.25) is 0 Å². The number of imidazole rings is 1. The molecule has 5 heteroatoms. The second-order valence-corrected chi connectivity index (χ2v) is 14.2. The summed E-state index contributed by atoms with van der Waals surface area (Å²) in [7, 11) is 0. The van der Waals surface area contributed by atoms with Crippen LogP contribution < -0.4 is 0 Å². The molecule has 0 N–H and O–H groups in total. The van der Waals surface area contributed by atoms with Crippen LogP contribution in [0.2, 0.25) is 0 Å². The maximum Gasteiger partial charge on any atom is 0.0774 e. The van der Waals surface area contributed by atoms with Crippen LogP contribution in [0.15, 0.2) is 187 Å². The van der Waals surface area contributed by atoms with E-state index >= 15 is 0 Å². The molecule has 0 amide bonds. The van der Waals surface area contributed by atoms with Crippen LogP contribution in [0.3, 0.4) is 0 Å². The average molecular weight is 946 g/mol. The van der Waals surface area contributed by atoms with Crippen LogP contribution in [0.1, 0.15) is 36.0 Å². The van der Waals surface area contributed by atoms with Gasteiger partial charge in [0, 0.05) is 57.5 Å². The Labute approximate surface area is 367 Å². The number of para-hydroxylation sites is 2. The number of aromatic nitrogens is 3. The molecule has 0 atom stereocenters. The van der Waals surface area contributed by atoms with Gasteiger partial charge in [-0.05, 0) is 78.0 Å². The molecule has 0 aliphatic heterocycles. The Morgan fingerprint density at radius 1 is 0.644 bits per heavy atom. The van der Waals surface area contributed by atoms with Crippen molar-refractivity contribution in [3.8, 4) is 50.6 Å². The second-order valence-electron chi connectivity index (χ2n) is 14.2. The first-order valence-corrected chi connectivity index (χ1v) is 19.1. The number of fused-ring (bicyclic) bond motifs is 2. The Hall–Kier alpha value is -6.65. The molecular weight excluding hydrogens is 899 g/mol. The van der Waals surface area contributed by atoms with Crippen LogP contribution in [0.5, 0.6) is 0 Å². The van der Waals surface area contributed by atoms with Gasteiger partial charge in [0.15, 0.2) is 0 Å². The second kappa shape index (κ2) is 17.5. The Kier molecular flexibility index (Phi) is 9.56. The molecule has 4 nitrogen and oxygen atoms in total. The van der Waals surface area contributed by atoms with Gasteiger partial charge in [0.05, 0.1) is 22.5 Å². The molecule has 0 aliphatic carbocycles. The molecule has 7 aromatic carbocycles. The zero-order chi connectivity index (χ0) is 44.4. The Balaban J connectivity index is 0.000000232. The van der Waals surface area contributed by atoms with E-state index < -0.39 is 13.7 Å². The van der Waals surface area contributed by atoms with Gasteiger partial charge in [-0.25, -0.2) is 0 Å². The van der Waals surface area contributed by atoms with Gasteiger partial charge in [-0.15, -0.1) is 41.5 Å². The van der Waals surface area contributed by atoms with E-state index in [2.05, 4.69) is 162 Å². The van der Waals surface area contributed by atoms with Crippen molar-refractivity contribution in [2.24, 2.45) is 0 Å². The molecule has 0 bridgehead atoms. The molecule has 3 aromatic heterocycles. The van der Waals surface area contributed by atoms with Gasteiger partial charge < -0.3 is 14.0 Å². The predicted molar refractivity (Wildman–Crippen MR) is 238 cm³/mol. The number of benzene rings is 7. The topological polar surface area (TPSA) is 43.9 Å². The summed E-state index contributed by atoms with van der Waals surface area (Å²) in [6, 6.07) is 61.6. The van der Waals surface area contributed by atoms with Gasteiger partial charge in [-0.2, -0.15) is 0 Å². The fourth-order valence-electron chi connectivity index (χ4n) is 7.38. The van der Waals surface area contributed by atoms with Crippen LogP contribution in [-0.2, 0) is 26.5 Å². The molecule has 10 aromatic rings. The average Bonchev–Trinajstić information content (AvgIpc) is 3.91. The van der Waals surface area contributed by atoms with Crippen molar-refractivity contribution >= 4 is 22.0 Å². The summed E-state index contributed by atoms with van der Waals surface area (Å²) < 4.78 is 52.1. The first kappa shape index (κ1) is 32.3. The minimum absolute atomic E-state index is 0. The molecule has 289 valence electrons. The molecule has 0 saturated carbocycles. The van der Waals surface area contributed by atoms with Crippen molar-refractivity contribution < 1.29 is 32.7 Å². The number of hydrogen-bond donors (Lipinski definition) is 0. The Bertz CT molecular complexity index is 3080. The van der Waals surface area contributed by atoms with Gasteiger partial charge in [0.1, 0.15) is 0 Å². The SMILES string of the molecule is Cc1cc(-c2ccccc2)c(-n2c(-c3[c-]oc4cc(Cc5ccccc5)ccc34)nc3ccccc32)c(-c2ccccc2)c1.[2H]C([2H])([2H])c1c[c-]c(-c2ccc(C([2H])([2H])[2H])cn2)cc1.[Ir]. The van der Waals surface area contributed by atoms with Crippen LogP contribution >= 0.6 is 0 Å². The summed E-state index contributed by atoms with van der Waals surface area (Å²) >= 11 is 0. The maximum absolute atomic E-state index is 7.28. The van der Waals surface area contributed by atoms with E-state index in [1.807, 2.05) is 12.1 Å². The van der Waals surface area contributed by atoms with Gasteiger partial charge in [-0.3, -0.25) is 4.98 Å². The number of hydrogen-bond acceptors (Lipinski definition) is 3. The third kappa shape index (κ3) is 8.35. The summed E-state index contributed by atoms with van der Waals surface area (Å²) in [5, 5.41) is 0.994. The molecular formula is C54H41IrN3O-2. The number of aryl methyl sites for hydroxylation is 3. The summed E-state index contributed by atoms with van der Waals surface area (Å²) in [6.45, 7) is -2.17. The molecule has 1 radical (unpaired) electrons. The van der Waals surface area contributed by atoms with Crippen molar-refractivity contribution in [3.63, 3.8) is 0 Å². The summed E-state index contributed by atoms with van der Waals surface area (Å²) in [4.78, 5) is 9.31. The number of pyridine rings is 1. The molecule has 0 unspecified atom stereocenters. The standard InChI is InChI=1S/C41H29N2O.C13H12N.Ir/c1-28-23-34(31-15-7-3-8-16-31)40(35(24-28)32-17-9-4-10-18-32)43-38-20-12-11-19-37(38)42-41(43)36-27-44-39-26-30(21-22-33(36)39)25-29-13-5-2-6-14-29;1-10-3-6-12(7-4-10)13-8-5-11(2)9-14-13;/h2-24,26H,25H2,1H3;3-6,8-9H,1-2H3;/q2*-1;/i;1D3,2D3;. The monoisotopic (exact) mass is 946 g/mol. The van der Waals surface area contributed by atoms with E-state index in [-0.39, 0.29) is 31.2 Å². The zero-order valence-corrected chi connectivity index (χ0v) is 34.5. The minimum atomic E-state index is -2.18. The normalized spacial score (nSPS) is 12.8. The quantitative estimate of drug-likeness (QED) is 0.150. The van der Waals surface area contributed by atoms with Crippen LogP contribution in [-0.4, -0.2) is 14.5 Å². The Morgan fingerprint density at radius 3 is 1.95 bits per heavy atom. The van der Waals surface area contributed by atoms with Crippen molar-refractivity contribution in [1.82, 2.24) is 14.5 Å². The number of nitrogens with zero attached hydrogens (tertiary/aromatic N) is 3. The molecule has 3 heterocycles. The zero-order valence-electron chi connectivity index (χ0n) is 38.1. The Morgan fingerprint density at radius 2 is 1.31 bits per heavy atom. The van der Waals surface area contributed by atoms with Crippen molar-refractivity contribution in [2.45, 2.75) is 27.0 Å². The van der Waals surface area contributed by atoms with E-state index in [4.69, 9.17) is 17.6 Å². The van der Waals surface area contributed by atoms with Crippen molar-refractivity contribution in [2.75, 3.05) is 0 Å². The number of rotatable bonds is 7. The van der Waals surface area contributed by atoms with E-state index in [0.29, 0.717) is 11.3 Å². The smallest absolute Gasteiger partial charge is 0.0774 e. The molecule has 0 aliphatic rings. The molecule has 0 spiro atoms. The van der Waals surface area contributed by atoms with Crippen LogP contribution in [0.25, 0.3) is 72.6 Å². The third-order valence-corrected chi connectivity index (χ3v) is 10.1. The van der Waals surface area contributed by atoms with Gasteiger partial charge in [0.25, 0.3) is 0 Å². The van der Waals surface area contributed by atoms with Crippen molar-refractivity contribution in [3.05, 3.63) is 222 Å². The van der Waals surface area contributed by atoms with Gasteiger partial charge in [-0.1, -0.05) is 151 Å². The van der Waals surface area contributed by atoms with Crippen LogP contribution in [0, 0.1) is 33.0 Å². The first-order valence-electron chi connectivity index (χ1n) is 22.1. The van der Waals surface area contributed by atoms with E-state index in [1.54, 1.807) is 12.1 Å². The third-order valence-electron chi connectivity index (χ3n) is 10.1. The first-order chi connectivity index (χ1) is 30.9. The maximum atomic E-state index is 7.28. The van der Waals surface area contributed by atoms with Gasteiger partial charge >= 0.3 is 0 Å². The fraction of sp³-hybridized carbons (Fsp3) is 0.0741.